The van der Waals surface area contributed by atoms with E-state index in [0.717, 1.165) is 19.4 Å². The Morgan fingerprint density at radius 1 is 1.42 bits per heavy atom. The Balaban J connectivity index is 2.20. The zero-order valence-electron chi connectivity index (χ0n) is 7.71. The van der Waals surface area contributed by atoms with Crippen LogP contribution in [0.5, 0.6) is 0 Å². The van der Waals surface area contributed by atoms with Gasteiger partial charge in [-0.15, -0.1) is 0 Å². The van der Waals surface area contributed by atoms with Gasteiger partial charge >= 0.3 is 0 Å². The number of hydrogen-bond donors (Lipinski definition) is 3. The molecule has 1 saturated carbocycles. The standard InChI is InChI=1S/C9H19NO2/c1-8(6-11)5-10-9(7-12)3-2-4-9/h8,10-12H,2-7H2,1H3. The van der Waals surface area contributed by atoms with Gasteiger partial charge in [0.1, 0.15) is 0 Å². The van der Waals surface area contributed by atoms with E-state index >= 15 is 0 Å². The summed E-state index contributed by atoms with van der Waals surface area (Å²) in [6.45, 7) is 3.24. The molecule has 1 rings (SSSR count). The molecule has 1 aliphatic rings. The van der Waals surface area contributed by atoms with E-state index in [1.165, 1.54) is 6.42 Å². The number of rotatable bonds is 5. The van der Waals surface area contributed by atoms with Crippen molar-refractivity contribution < 1.29 is 10.2 Å². The Morgan fingerprint density at radius 3 is 2.42 bits per heavy atom. The predicted molar refractivity (Wildman–Crippen MR) is 47.9 cm³/mol. The Hall–Kier alpha value is -0.120. The van der Waals surface area contributed by atoms with Gasteiger partial charge in [0, 0.05) is 18.7 Å². The van der Waals surface area contributed by atoms with Crippen LogP contribution in [0.1, 0.15) is 26.2 Å². The minimum absolute atomic E-state index is 0.0105. The van der Waals surface area contributed by atoms with Gasteiger partial charge < -0.3 is 15.5 Å². The highest BCUT2D eigenvalue weighted by molar-refractivity contribution is 4.95. The van der Waals surface area contributed by atoms with E-state index in [-0.39, 0.29) is 24.7 Å². The van der Waals surface area contributed by atoms with Crippen molar-refractivity contribution >= 4 is 0 Å². The topological polar surface area (TPSA) is 52.5 Å². The fourth-order valence-electron chi connectivity index (χ4n) is 1.45. The Labute approximate surface area is 73.8 Å². The maximum Gasteiger partial charge on any atom is 0.0613 e. The van der Waals surface area contributed by atoms with Crippen LogP contribution < -0.4 is 5.32 Å². The summed E-state index contributed by atoms with van der Waals surface area (Å²) in [5.74, 6) is 0.286. The van der Waals surface area contributed by atoms with Gasteiger partial charge in [-0.2, -0.15) is 0 Å². The molecule has 0 saturated heterocycles. The van der Waals surface area contributed by atoms with Crippen LogP contribution in [-0.4, -0.2) is 35.5 Å². The first kappa shape index (κ1) is 9.96. The zero-order chi connectivity index (χ0) is 9.03. The van der Waals surface area contributed by atoms with Crippen molar-refractivity contribution in [1.82, 2.24) is 5.32 Å². The predicted octanol–water partition coefficient (Wildman–Crippen LogP) is 0.119. The minimum atomic E-state index is -0.0105. The Morgan fingerprint density at radius 2 is 2.08 bits per heavy atom. The van der Waals surface area contributed by atoms with Gasteiger partial charge in [-0.05, 0) is 25.2 Å². The molecule has 0 heterocycles. The summed E-state index contributed by atoms with van der Waals surface area (Å²) >= 11 is 0. The second kappa shape index (κ2) is 4.21. The average molecular weight is 173 g/mol. The zero-order valence-corrected chi connectivity index (χ0v) is 7.71. The molecule has 0 aromatic rings. The molecule has 12 heavy (non-hydrogen) atoms. The quantitative estimate of drug-likeness (QED) is 0.553. The normalized spacial score (nSPS) is 23.2. The first-order chi connectivity index (χ1) is 5.72. The molecular weight excluding hydrogens is 154 g/mol. The number of hydrogen-bond acceptors (Lipinski definition) is 3. The van der Waals surface area contributed by atoms with Crippen LogP contribution in [0, 0.1) is 5.92 Å². The summed E-state index contributed by atoms with van der Waals surface area (Å²) in [4.78, 5) is 0. The molecule has 0 bridgehead atoms. The van der Waals surface area contributed by atoms with Gasteiger partial charge in [-0.1, -0.05) is 6.92 Å². The highest BCUT2D eigenvalue weighted by atomic mass is 16.3. The molecule has 0 amide bonds. The molecule has 0 aliphatic heterocycles. The lowest BCUT2D eigenvalue weighted by molar-refractivity contribution is 0.0810. The highest BCUT2D eigenvalue weighted by Crippen LogP contribution is 2.31. The molecule has 3 heteroatoms. The lowest BCUT2D eigenvalue weighted by Crippen LogP contribution is -2.55. The van der Waals surface area contributed by atoms with Gasteiger partial charge in [-0.3, -0.25) is 0 Å². The van der Waals surface area contributed by atoms with Gasteiger partial charge in [0.25, 0.3) is 0 Å². The first-order valence-corrected chi connectivity index (χ1v) is 4.69. The number of aliphatic hydroxyl groups is 2. The Bertz CT molecular complexity index is 129. The fourth-order valence-corrected chi connectivity index (χ4v) is 1.45. The van der Waals surface area contributed by atoms with E-state index in [0.29, 0.717) is 0 Å². The third-order valence-corrected chi connectivity index (χ3v) is 2.75. The van der Waals surface area contributed by atoms with Crippen molar-refractivity contribution in [3.63, 3.8) is 0 Å². The monoisotopic (exact) mass is 173 g/mol. The van der Waals surface area contributed by atoms with Gasteiger partial charge in [0.15, 0.2) is 0 Å². The van der Waals surface area contributed by atoms with Crippen LogP contribution in [0.2, 0.25) is 0 Å². The highest BCUT2D eigenvalue weighted by Gasteiger charge is 2.35. The molecule has 3 nitrogen and oxygen atoms in total. The van der Waals surface area contributed by atoms with Gasteiger partial charge in [-0.25, -0.2) is 0 Å². The summed E-state index contributed by atoms with van der Waals surface area (Å²) in [6.07, 6.45) is 3.35. The maximum absolute atomic E-state index is 9.10. The van der Waals surface area contributed by atoms with Crippen molar-refractivity contribution in [1.29, 1.82) is 0 Å². The molecule has 0 spiro atoms. The average Bonchev–Trinajstić information content (AvgIpc) is 2.03. The van der Waals surface area contributed by atoms with E-state index in [9.17, 15) is 0 Å². The van der Waals surface area contributed by atoms with Crippen LogP contribution in [0.25, 0.3) is 0 Å². The van der Waals surface area contributed by atoms with E-state index in [4.69, 9.17) is 10.2 Å². The van der Waals surface area contributed by atoms with E-state index in [1.807, 2.05) is 6.92 Å². The molecule has 72 valence electrons. The molecular formula is C9H19NO2. The molecule has 0 radical (unpaired) electrons. The summed E-state index contributed by atoms with van der Waals surface area (Å²) in [5, 5.41) is 21.2. The van der Waals surface area contributed by atoms with E-state index < -0.39 is 0 Å². The minimum Gasteiger partial charge on any atom is -0.396 e. The van der Waals surface area contributed by atoms with E-state index in [1.54, 1.807) is 0 Å². The molecule has 1 aliphatic carbocycles. The third kappa shape index (κ3) is 2.19. The van der Waals surface area contributed by atoms with Crippen LogP contribution in [0.15, 0.2) is 0 Å². The second-order valence-corrected chi connectivity index (χ2v) is 3.96. The molecule has 1 atom stereocenters. The van der Waals surface area contributed by atoms with Crippen LogP contribution in [0.3, 0.4) is 0 Å². The molecule has 0 aromatic carbocycles. The summed E-state index contributed by atoms with van der Waals surface area (Å²) < 4.78 is 0. The summed E-state index contributed by atoms with van der Waals surface area (Å²) in [7, 11) is 0. The molecule has 3 N–H and O–H groups in total. The van der Waals surface area contributed by atoms with Gasteiger partial charge in [0.2, 0.25) is 0 Å². The van der Waals surface area contributed by atoms with Crippen molar-refractivity contribution in [2.75, 3.05) is 19.8 Å². The summed E-state index contributed by atoms with van der Waals surface area (Å²) in [6, 6.07) is 0. The van der Waals surface area contributed by atoms with Crippen LogP contribution >= 0.6 is 0 Å². The molecule has 1 fully saturated rings. The SMILES string of the molecule is CC(CO)CNC1(CO)CCC1. The number of nitrogens with one attached hydrogen (secondary N) is 1. The van der Waals surface area contributed by atoms with Crippen molar-refractivity contribution in [3.8, 4) is 0 Å². The number of aliphatic hydroxyl groups excluding tert-OH is 2. The third-order valence-electron chi connectivity index (χ3n) is 2.75. The van der Waals surface area contributed by atoms with E-state index in [2.05, 4.69) is 5.32 Å². The van der Waals surface area contributed by atoms with Crippen LogP contribution in [0.4, 0.5) is 0 Å². The molecule has 1 unspecified atom stereocenters. The van der Waals surface area contributed by atoms with Gasteiger partial charge in [0.05, 0.1) is 6.61 Å². The van der Waals surface area contributed by atoms with Crippen molar-refractivity contribution in [3.05, 3.63) is 0 Å². The first-order valence-electron chi connectivity index (χ1n) is 4.69. The van der Waals surface area contributed by atoms with Crippen LogP contribution in [-0.2, 0) is 0 Å². The lowest BCUT2D eigenvalue weighted by Gasteiger charge is -2.41. The smallest absolute Gasteiger partial charge is 0.0613 e. The van der Waals surface area contributed by atoms with Crippen molar-refractivity contribution in [2.24, 2.45) is 5.92 Å². The largest absolute Gasteiger partial charge is 0.396 e. The summed E-state index contributed by atoms with van der Waals surface area (Å²) in [5.41, 5.74) is -0.0105. The van der Waals surface area contributed by atoms with Crippen molar-refractivity contribution in [2.45, 2.75) is 31.7 Å². The second-order valence-electron chi connectivity index (χ2n) is 3.96. The molecule has 0 aromatic heterocycles. The Kier molecular flexibility index (Phi) is 3.50. The maximum atomic E-state index is 9.10. The fraction of sp³-hybridized carbons (Fsp3) is 1.00. The lowest BCUT2D eigenvalue weighted by atomic mass is 9.77.